The largest absolute Gasteiger partial charge is 0.355 e. The van der Waals surface area contributed by atoms with Gasteiger partial charge >= 0.3 is 0 Å². The van der Waals surface area contributed by atoms with Crippen LogP contribution in [0.1, 0.15) is 36.5 Å². The highest BCUT2D eigenvalue weighted by Gasteiger charge is 2.24. The topological polar surface area (TPSA) is 62.6 Å². The van der Waals surface area contributed by atoms with Crippen LogP contribution in [0.15, 0.2) is 24.3 Å². The molecule has 1 saturated heterocycles. The van der Waals surface area contributed by atoms with Crippen LogP contribution < -0.4 is 15.5 Å². The lowest BCUT2D eigenvalue weighted by atomic mass is 10.0. The van der Waals surface area contributed by atoms with Crippen molar-refractivity contribution in [1.82, 2.24) is 5.32 Å². The van der Waals surface area contributed by atoms with Crippen LogP contribution in [0.25, 0.3) is 0 Å². The normalized spacial score (nSPS) is 21.6. The standard InChI is InChI=1S/C16H23N3O2/c1-12-6-3-4-9-19(12)11-15(20)18-14-8-5-7-13(10-14)16(21)17-2/h5,7-8,10,12H,3-4,6,9,11H2,1-2H3,(H,17,21)(H,18,20)/p+1/t12-/m0/s1. The maximum absolute atomic E-state index is 12.1. The summed E-state index contributed by atoms with van der Waals surface area (Å²) < 4.78 is 0. The highest BCUT2D eigenvalue weighted by Crippen LogP contribution is 2.10. The maximum atomic E-state index is 12.1. The highest BCUT2D eigenvalue weighted by molar-refractivity contribution is 5.97. The molecule has 1 heterocycles. The molecule has 1 fully saturated rings. The molecular formula is C16H24N3O2+. The molecule has 1 unspecified atom stereocenters. The van der Waals surface area contributed by atoms with Gasteiger partial charge in [0.25, 0.3) is 11.8 Å². The molecule has 1 aromatic rings. The van der Waals surface area contributed by atoms with Crippen LogP contribution in [-0.2, 0) is 4.79 Å². The summed E-state index contributed by atoms with van der Waals surface area (Å²) in [6, 6.07) is 7.55. The number of piperidine rings is 1. The molecule has 0 aliphatic carbocycles. The van der Waals surface area contributed by atoms with Gasteiger partial charge in [-0.25, -0.2) is 0 Å². The second-order valence-electron chi connectivity index (χ2n) is 5.69. The van der Waals surface area contributed by atoms with Crippen LogP contribution in [0, 0.1) is 0 Å². The SMILES string of the molecule is CNC(=O)c1cccc(NC(=O)C[NH+]2CCCC[C@@H]2C)c1. The molecule has 0 spiro atoms. The van der Waals surface area contributed by atoms with E-state index in [9.17, 15) is 9.59 Å². The molecule has 0 saturated carbocycles. The third-order valence-electron chi connectivity index (χ3n) is 4.11. The highest BCUT2D eigenvalue weighted by atomic mass is 16.2. The molecule has 1 aromatic carbocycles. The van der Waals surface area contributed by atoms with Crippen molar-refractivity contribution >= 4 is 17.5 Å². The lowest BCUT2D eigenvalue weighted by Gasteiger charge is -2.29. The Balaban J connectivity index is 1.94. The number of likely N-dealkylation sites (tertiary alicyclic amines) is 1. The monoisotopic (exact) mass is 290 g/mol. The molecule has 114 valence electrons. The maximum Gasteiger partial charge on any atom is 0.279 e. The number of amides is 2. The van der Waals surface area contributed by atoms with Gasteiger partial charge in [0.1, 0.15) is 0 Å². The zero-order chi connectivity index (χ0) is 15.2. The van der Waals surface area contributed by atoms with Gasteiger partial charge in [-0.05, 0) is 44.4 Å². The fourth-order valence-corrected chi connectivity index (χ4v) is 2.81. The number of anilines is 1. The number of carbonyl (C=O) groups excluding carboxylic acids is 2. The van der Waals surface area contributed by atoms with Crippen LogP contribution in [0.3, 0.4) is 0 Å². The van der Waals surface area contributed by atoms with Crippen LogP contribution in [0.5, 0.6) is 0 Å². The Bertz CT molecular complexity index is 516. The van der Waals surface area contributed by atoms with Gasteiger partial charge in [0, 0.05) is 18.3 Å². The molecule has 3 N–H and O–H groups in total. The number of carbonyl (C=O) groups is 2. The van der Waals surface area contributed by atoms with Crippen molar-refractivity contribution in [2.45, 2.75) is 32.2 Å². The fraction of sp³-hybridized carbons (Fsp3) is 0.500. The Morgan fingerprint density at radius 3 is 2.86 bits per heavy atom. The lowest BCUT2D eigenvalue weighted by molar-refractivity contribution is -0.920. The Morgan fingerprint density at radius 2 is 2.14 bits per heavy atom. The smallest absolute Gasteiger partial charge is 0.279 e. The lowest BCUT2D eigenvalue weighted by Crippen LogP contribution is -3.17. The van der Waals surface area contributed by atoms with E-state index in [0.717, 1.165) is 6.54 Å². The van der Waals surface area contributed by atoms with Crippen molar-refractivity contribution in [3.05, 3.63) is 29.8 Å². The van der Waals surface area contributed by atoms with E-state index in [1.165, 1.54) is 24.2 Å². The van der Waals surface area contributed by atoms with E-state index >= 15 is 0 Å². The van der Waals surface area contributed by atoms with Crippen molar-refractivity contribution in [2.75, 3.05) is 25.5 Å². The second kappa shape index (κ2) is 7.22. The van der Waals surface area contributed by atoms with Gasteiger partial charge in [0.05, 0.1) is 12.6 Å². The fourth-order valence-electron chi connectivity index (χ4n) is 2.81. The van der Waals surface area contributed by atoms with Gasteiger partial charge in [-0.2, -0.15) is 0 Å². The molecule has 2 rings (SSSR count). The van der Waals surface area contributed by atoms with Crippen LogP contribution in [0.2, 0.25) is 0 Å². The van der Waals surface area contributed by atoms with Gasteiger partial charge in [0.15, 0.2) is 6.54 Å². The van der Waals surface area contributed by atoms with Crippen molar-refractivity contribution < 1.29 is 14.5 Å². The number of benzene rings is 1. The van der Waals surface area contributed by atoms with Crippen molar-refractivity contribution in [2.24, 2.45) is 0 Å². The molecule has 1 aliphatic rings. The zero-order valence-corrected chi connectivity index (χ0v) is 12.7. The third kappa shape index (κ3) is 4.29. The molecule has 5 nitrogen and oxygen atoms in total. The number of hydrogen-bond donors (Lipinski definition) is 3. The molecule has 5 heteroatoms. The van der Waals surface area contributed by atoms with Gasteiger partial charge in [-0.3, -0.25) is 9.59 Å². The minimum absolute atomic E-state index is 0.00723. The summed E-state index contributed by atoms with van der Waals surface area (Å²) in [5.41, 5.74) is 1.22. The summed E-state index contributed by atoms with van der Waals surface area (Å²) in [7, 11) is 1.59. The van der Waals surface area contributed by atoms with Crippen molar-refractivity contribution in [3.63, 3.8) is 0 Å². The van der Waals surface area contributed by atoms with Gasteiger partial charge in [0.2, 0.25) is 0 Å². The minimum atomic E-state index is -0.152. The van der Waals surface area contributed by atoms with E-state index in [2.05, 4.69) is 17.6 Å². The third-order valence-corrected chi connectivity index (χ3v) is 4.11. The van der Waals surface area contributed by atoms with Crippen molar-refractivity contribution in [3.8, 4) is 0 Å². The average molecular weight is 290 g/mol. The molecular weight excluding hydrogens is 266 g/mol. The van der Waals surface area contributed by atoms with E-state index in [0.29, 0.717) is 23.8 Å². The van der Waals surface area contributed by atoms with Crippen molar-refractivity contribution in [1.29, 1.82) is 0 Å². The molecule has 0 bridgehead atoms. The first-order chi connectivity index (χ1) is 10.1. The second-order valence-corrected chi connectivity index (χ2v) is 5.69. The zero-order valence-electron chi connectivity index (χ0n) is 12.7. The molecule has 2 atom stereocenters. The van der Waals surface area contributed by atoms with E-state index in [4.69, 9.17) is 0 Å². The van der Waals surface area contributed by atoms with E-state index in [1.807, 2.05) is 0 Å². The van der Waals surface area contributed by atoms with Crippen LogP contribution in [-0.4, -0.2) is 38.0 Å². The Kier molecular flexibility index (Phi) is 5.33. The summed E-state index contributed by atoms with van der Waals surface area (Å²) in [4.78, 5) is 25.1. The number of quaternary nitrogens is 1. The first-order valence-electron chi connectivity index (χ1n) is 7.56. The molecule has 0 aromatic heterocycles. The molecule has 0 radical (unpaired) electrons. The van der Waals surface area contributed by atoms with Gasteiger partial charge < -0.3 is 15.5 Å². The van der Waals surface area contributed by atoms with Gasteiger partial charge in [-0.1, -0.05) is 6.07 Å². The minimum Gasteiger partial charge on any atom is -0.355 e. The summed E-state index contributed by atoms with van der Waals surface area (Å²) >= 11 is 0. The van der Waals surface area contributed by atoms with Gasteiger partial charge in [-0.15, -0.1) is 0 Å². The Morgan fingerprint density at radius 1 is 1.33 bits per heavy atom. The first kappa shape index (κ1) is 15.5. The molecule has 2 amide bonds. The average Bonchev–Trinajstić information content (AvgIpc) is 2.49. The van der Waals surface area contributed by atoms with Crippen LogP contribution in [0.4, 0.5) is 5.69 Å². The Hall–Kier alpha value is -1.88. The quantitative estimate of drug-likeness (QED) is 0.753. The summed E-state index contributed by atoms with van der Waals surface area (Å²) in [6.07, 6.45) is 3.65. The molecule has 1 aliphatic heterocycles. The number of hydrogen-bond acceptors (Lipinski definition) is 2. The number of nitrogens with one attached hydrogen (secondary N) is 3. The Labute approximate surface area is 125 Å². The summed E-state index contributed by atoms with van der Waals surface area (Å²) in [6.45, 7) is 3.76. The predicted molar refractivity (Wildman–Crippen MR) is 82.5 cm³/mol. The summed E-state index contributed by atoms with van der Waals surface area (Å²) in [5, 5.41) is 5.47. The van der Waals surface area contributed by atoms with E-state index < -0.39 is 0 Å². The van der Waals surface area contributed by atoms with E-state index in [-0.39, 0.29) is 11.8 Å². The predicted octanol–water partition coefficient (Wildman–Crippen LogP) is 0.442. The number of rotatable bonds is 4. The van der Waals surface area contributed by atoms with Crippen LogP contribution >= 0.6 is 0 Å². The van der Waals surface area contributed by atoms with E-state index in [1.54, 1.807) is 31.3 Å². The first-order valence-corrected chi connectivity index (χ1v) is 7.56. The summed E-state index contributed by atoms with van der Waals surface area (Å²) in [5.74, 6) is -0.144. The molecule has 21 heavy (non-hydrogen) atoms.